The summed E-state index contributed by atoms with van der Waals surface area (Å²) in [6.45, 7) is 9.53. The largest absolute Gasteiger partial charge is 0.444 e. The average molecular weight is 452 g/mol. The lowest BCUT2D eigenvalue weighted by Crippen LogP contribution is -2.47. The van der Waals surface area contributed by atoms with Crippen LogP contribution in [0.4, 0.5) is 22.8 Å². The van der Waals surface area contributed by atoms with Crippen LogP contribution in [0.15, 0.2) is 23.2 Å². The Labute approximate surface area is 178 Å². The number of amides is 2. The summed E-state index contributed by atoms with van der Waals surface area (Å²) in [6, 6.07) is 3.28. The van der Waals surface area contributed by atoms with E-state index in [1.807, 2.05) is 0 Å². The van der Waals surface area contributed by atoms with E-state index in [4.69, 9.17) is 21.1 Å². The van der Waals surface area contributed by atoms with Crippen LogP contribution in [0, 0.1) is 0 Å². The molecule has 0 heterocycles. The number of hydrogen-bond donors (Lipinski definition) is 2. The molecular formula is C19H25ClF3N3O4. The summed E-state index contributed by atoms with van der Waals surface area (Å²) in [5.41, 5.74) is -2.50. The highest BCUT2D eigenvalue weighted by atomic mass is 35.5. The van der Waals surface area contributed by atoms with E-state index in [1.165, 1.54) is 6.07 Å². The van der Waals surface area contributed by atoms with Gasteiger partial charge in [0.25, 0.3) is 0 Å². The Morgan fingerprint density at radius 3 is 1.83 bits per heavy atom. The molecule has 30 heavy (non-hydrogen) atoms. The van der Waals surface area contributed by atoms with Gasteiger partial charge in [-0.2, -0.15) is 13.2 Å². The standard InChI is InChI=1S/C19H25ClF3N3O4/c1-17(2,3)29-15(27)25-14(26-16(28)30-18(4,5)6)24-10-11-7-8-13(20)12(9-11)19(21,22)23/h7-9H,10H2,1-6H3,(H2,24,25,26,27,28). The fourth-order valence-electron chi connectivity index (χ4n) is 1.97. The predicted molar refractivity (Wildman–Crippen MR) is 106 cm³/mol. The van der Waals surface area contributed by atoms with Gasteiger partial charge < -0.3 is 9.47 Å². The van der Waals surface area contributed by atoms with E-state index in [-0.39, 0.29) is 18.1 Å². The van der Waals surface area contributed by atoms with Gasteiger partial charge in [0.15, 0.2) is 0 Å². The van der Waals surface area contributed by atoms with E-state index < -0.39 is 40.2 Å². The van der Waals surface area contributed by atoms with Crippen LogP contribution in [-0.2, 0) is 22.2 Å². The van der Waals surface area contributed by atoms with Crippen molar-refractivity contribution in [1.29, 1.82) is 0 Å². The van der Waals surface area contributed by atoms with Crippen LogP contribution < -0.4 is 10.6 Å². The molecule has 1 rings (SSSR count). The minimum Gasteiger partial charge on any atom is -0.444 e. The fraction of sp³-hybridized carbons (Fsp3) is 0.526. The molecule has 7 nitrogen and oxygen atoms in total. The van der Waals surface area contributed by atoms with E-state index in [2.05, 4.69) is 15.6 Å². The predicted octanol–water partition coefficient (Wildman–Crippen LogP) is 5.26. The monoisotopic (exact) mass is 451 g/mol. The van der Waals surface area contributed by atoms with Crippen molar-refractivity contribution in [2.24, 2.45) is 4.99 Å². The summed E-state index contributed by atoms with van der Waals surface area (Å²) >= 11 is 5.60. The molecule has 0 bridgehead atoms. The van der Waals surface area contributed by atoms with E-state index >= 15 is 0 Å². The van der Waals surface area contributed by atoms with Crippen molar-refractivity contribution >= 4 is 29.7 Å². The second-order valence-electron chi connectivity index (χ2n) is 8.23. The lowest BCUT2D eigenvalue weighted by atomic mass is 10.1. The topological polar surface area (TPSA) is 89.0 Å². The number of nitrogens with one attached hydrogen (secondary N) is 2. The smallest absolute Gasteiger partial charge is 0.417 e. The molecule has 0 unspecified atom stereocenters. The highest BCUT2D eigenvalue weighted by molar-refractivity contribution is 6.31. The van der Waals surface area contributed by atoms with E-state index in [1.54, 1.807) is 41.5 Å². The molecule has 0 aliphatic carbocycles. The molecule has 168 valence electrons. The zero-order valence-electron chi connectivity index (χ0n) is 17.5. The SMILES string of the molecule is CC(C)(C)OC(=O)NC(=NCc1ccc(Cl)c(C(F)(F)F)c1)NC(=O)OC(C)(C)C. The number of ether oxygens (including phenoxy) is 2. The van der Waals surface area contributed by atoms with Gasteiger partial charge in [0.1, 0.15) is 11.2 Å². The third-order valence-electron chi connectivity index (χ3n) is 2.99. The molecule has 0 atom stereocenters. The van der Waals surface area contributed by atoms with Crippen molar-refractivity contribution in [3.8, 4) is 0 Å². The molecule has 0 spiro atoms. The zero-order chi connectivity index (χ0) is 23.3. The molecule has 1 aromatic rings. The van der Waals surface area contributed by atoms with Gasteiger partial charge in [0.05, 0.1) is 17.1 Å². The number of nitrogens with zero attached hydrogens (tertiary/aromatic N) is 1. The molecule has 0 aliphatic heterocycles. The number of aliphatic imine (C=N–C) groups is 1. The molecule has 0 fully saturated rings. The molecule has 11 heteroatoms. The summed E-state index contributed by atoms with van der Waals surface area (Å²) in [5, 5.41) is 4.04. The summed E-state index contributed by atoms with van der Waals surface area (Å²) in [6.07, 6.45) is -6.46. The zero-order valence-corrected chi connectivity index (χ0v) is 18.3. The van der Waals surface area contributed by atoms with Crippen molar-refractivity contribution < 1.29 is 32.2 Å². The van der Waals surface area contributed by atoms with Crippen LogP contribution in [0.1, 0.15) is 52.7 Å². The van der Waals surface area contributed by atoms with Crippen LogP contribution in [0.5, 0.6) is 0 Å². The number of carbonyl (C=O) groups excluding carboxylic acids is 2. The molecule has 0 saturated heterocycles. The van der Waals surface area contributed by atoms with Crippen LogP contribution >= 0.6 is 11.6 Å². The summed E-state index contributed by atoms with van der Waals surface area (Å²) in [4.78, 5) is 28.0. The van der Waals surface area contributed by atoms with Crippen LogP contribution in [0.3, 0.4) is 0 Å². The van der Waals surface area contributed by atoms with Crippen LogP contribution in [-0.4, -0.2) is 29.3 Å². The molecule has 2 amide bonds. The lowest BCUT2D eigenvalue weighted by molar-refractivity contribution is -0.137. The fourth-order valence-corrected chi connectivity index (χ4v) is 2.19. The normalized spacial score (nSPS) is 12.1. The second kappa shape index (κ2) is 9.55. The number of hydrogen-bond acceptors (Lipinski definition) is 5. The third-order valence-corrected chi connectivity index (χ3v) is 3.32. The van der Waals surface area contributed by atoms with Crippen molar-refractivity contribution in [1.82, 2.24) is 10.6 Å². The Hall–Kier alpha value is -2.49. The Kier molecular flexibility index (Phi) is 8.13. The second-order valence-corrected chi connectivity index (χ2v) is 8.64. The Bertz CT molecular complexity index is 781. The minimum atomic E-state index is -4.64. The lowest BCUT2D eigenvalue weighted by Gasteiger charge is -2.22. The Morgan fingerprint density at radius 2 is 1.43 bits per heavy atom. The third kappa shape index (κ3) is 9.82. The molecule has 1 aromatic carbocycles. The van der Waals surface area contributed by atoms with Gasteiger partial charge in [-0.05, 0) is 59.2 Å². The Morgan fingerprint density at radius 1 is 0.967 bits per heavy atom. The van der Waals surface area contributed by atoms with Crippen molar-refractivity contribution in [2.45, 2.75) is 65.5 Å². The van der Waals surface area contributed by atoms with Gasteiger partial charge in [-0.1, -0.05) is 17.7 Å². The van der Waals surface area contributed by atoms with Crippen molar-refractivity contribution in [3.05, 3.63) is 34.3 Å². The van der Waals surface area contributed by atoms with Gasteiger partial charge >= 0.3 is 18.4 Å². The quantitative estimate of drug-likeness (QED) is 0.474. The first-order valence-corrected chi connectivity index (χ1v) is 9.24. The van der Waals surface area contributed by atoms with E-state index in [9.17, 15) is 22.8 Å². The molecular weight excluding hydrogens is 427 g/mol. The van der Waals surface area contributed by atoms with Crippen molar-refractivity contribution in [3.63, 3.8) is 0 Å². The number of guanidine groups is 1. The first-order chi connectivity index (χ1) is 13.5. The molecule has 0 aromatic heterocycles. The highest BCUT2D eigenvalue weighted by Crippen LogP contribution is 2.35. The maximum absolute atomic E-state index is 13.0. The van der Waals surface area contributed by atoms with Gasteiger partial charge in [-0.15, -0.1) is 0 Å². The average Bonchev–Trinajstić information content (AvgIpc) is 2.48. The molecule has 0 radical (unpaired) electrons. The first-order valence-electron chi connectivity index (χ1n) is 8.86. The highest BCUT2D eigenvalue weighted by Gasteiger charge is 2.33. The van der Waals surface area contributed by atoms with Crippen molar-refractivity contribution in [2.75, 3.05) is 0 Å². The molecule has 2 N–H and O–H groups in total. The van der Waals surface area contributed by atoms with Gasteiger partial charge in [0.2, 0.25) is 5.96 Å². The number of benzene rings is 1. The van der Waals surface area contributed by atoms with E-state index in [0.717, 1.165) is 12.1 Å². The number of alkyl halides is 3. The Balaban J connectivity index is 3.07. The number of halogens is 4. The summed E-state index contributed by atoms with van der Waals surface area (Å²) < 4.78 is 49.2. The maximum Gasteiger partial charge on any atom is 0.417 e. The molecule has 0 saturated carbocycles. The number of rotatable bonds is 2. The van der Waals surface area contributed by atoms with Gasteiger partial charge in [-0.25, -0.2) is 14.6 Å². The summed E-state index contributed by atoms with van der Waals surface area (Å²) in [7, 11) is 0. The van der Waals surface area contributed by atoms with Gasteiger partial charge in [-0.3, -0.25) is 10.6 Å². The molecule has 0 aliphatic rings. The van der Waals surface area contributed by atoms with Gasteiger partial charge in [0, 0.05) is 0 Å². The summed E-state index contributed by atoms with van der Waals surface area (Å²) in [5.74, 6) is -0.345. The minimum absolute atomic E-state index is 0.154. The first kappa shape index (κ1) is 25.5. The van der Waals surface area contributed by atoms with E-state index in [0.29, 0.717) is 0 Å². The van der Waals surface area contributed by atoms with Crippen LogP contribution in [0.2, 0.25) is 5.02 Å². The number of alkyl carbamates (subject to hydrolysis) is 2. The maximum atomic E-state index is 13.0. The van der Waals surface area contributed by atoms with Crippen LogP contribution in [0.25, 0.3) is 0 Å². The number of carbonyl (C=O) groups is 2.